The lowest BCUT2D eigenvalue weighted by Gasteiger charge is -2.22. The average Bonchev–Trinajstić information content (AvgIpc) is 2.86. The van der Waals surface area contributed by atoms with Crippen molar-refractivity contribution in [2.75, 3.05) is 0 Å². The molecular formula is C36H38. The molecule has 0 bridgehead atoms. The van der Waals surface area contributed by atoms with Crippen LogP contribution in [0.5, 0.6) is 0 Å². The van der Waals surface area contributed by atoms with Gasteiger partial charge < -0.3 is 0 Å². The molecule has 0 amide bonds. The summed E-state index contributed by atoms with van der Waals surface area (Å²) in [6.07, 6.45) is 0. The van der Waals surface area contributed by atoms with Crippen LogP contribution >= 0.6 is 0 Å². The third kappa shape index (κ3) is 3.34. The highest BCUT2D eigenvalue weighted by Gasteiger charge is 2.21. The molecule has 182 valence electrons. The van der Waals surface area contributed by atoms with E-state index in [2.05, 4.69) is 116 Å². The molecule has 0 aliphatic heterocycles. The van der Waals surface area contributed by atoms with E-state index >= 15 is 0 Å². The second-order valence-electron chi connectivity index (χ2n) is 12.2. The second-order valence-corrected chi connectivity index (χ2v) is 12.2. The van der Waals surface area contributed by atoms with Crippen molar-refractivity contribution in [2.45, 2.75) is 79.1 Å². The van der Waals surface area contributed by atoms with Gasteiger partial charge in [0.05, 0.1) is 0 Å². The van der Waals surface area contributed by atoms with Crippen molar-refractivity contribution in [1.82, 2.24) is 0 Å². The lowest BCUT2D eigenvalue weighted by molar-refractivity contribution is 0.867. The molecule has 0 spiro atoms. The predicted octanol–water partition coefficient (Wildman–Crippen LogP) is 11.4. The molecule has 6 aromatic carbocycles. The highest BCUT2D eigenvalue weighted by atomic mass is 14.2. The largest absolute Gasteiger partial charge is 0.0587 e. The summed E-state index contributed by atoms with van der Waals surface area (Å²) in [7, 11) is 0. The van der Waals surface area contributed by atoms with Gasteiger partial charge in [0.25, 0.3) is 0 Å². The first-order valence-corrected chi connectivity index (χ1v) is 13.8. The molecule has 0 saturated heterocycles. The molecule has 0 heterocycles. The van der Waals surface area contributed by atoms with Crippen molar-refractivity contribution in [3.63, 3.8) is 0 Å². The third-order valence-corrected chi connectivity index (χ3v) is 8.49. The van der Waals surface area contributed by atoms with Gasteiger partial charge in [-0.3, -0.25) is 0 Å². The highest BCUT2D eigenvalue weighted by Crippen LogP contribution is 2.47. The molecular weight excluding hydrogens is 432 g/mol. The van der Waals surface area contributed by atoms with E-state index in [-0.39, 0.29) is 0 Å². The first-order chi connectivity index (χ1) is 17.2. The fourth-order valence-electron chi connectivity index (χ4n) is 6.14. The molecule has 0 heteroatoms. The van der Waals surface area contributed by atoms with E-state index in [1.165, 1.54) is 76.1 Å². The number of hydrogen-bond acceptors (Lipinski definition) is 0. The Morgan fingerprint density at radius 2 is 0.583 bits per heavy atom. The zero-order chi connectivity index (χ0) is 25.5. The predicted molar refractivity (Wildman–Crippen MR) is 162 cm³/mol. The quantitative estimate of drug-likeness (QED) is 0.177. The molecule has 6 aromatic rings. The summed E-state index contributed by atoms with van der Waals surface area (Å²) in [4.78, 5) is 0. The Bertz CT molecular complexity index is 1640. The minimum atomic E-state index is 0.479. The van der Waals surface area contributed by atoms with Crippen LogP contribution in [-0.4, -0.2) is 0 Å². The summed E-state index contributed by atoms with van der Waals surface area (Å²) < 4.78 is 0. The number of benzene rings is 6. The van der Waals surface area contributed by atoms with Crippen molar-refractivity contribution < 1.29 is 0 Å². The Morgan fingerprint density at radius 1 is 0.306 bits per heavy atom. The maximum Gasteiger partial charge on any atom is -0.00137 e. The molecule has 0 unspecified atom stereocenters. The van der Waals surface area contributed by atoms with Gasteiger partial charge in [-0.25, -0.2) is 0 Å². The molecule has 0 aliphatic carbocycles. The number of hydrogen-bond donors (Lipinski definition) is 0. The van der Waals surface area contributed by atoms with E-state index in [0.717, 1.165) is 0 Å². The molecule has 0 N–H and O–H groups in total. The zero-order valence-electron chi connectivity index (χ0n) is 23.1. The standard InChI is InChI=1S/C36H38/c1-19(2)23-9-11-27-29(13-23)33-17-25(21(5)6)16-32-28-12-10-24(20(3)4)14-30(28)34-18-26(22(7)8)15-31(27)36(34)35(32)33/h9-22H,1-8H3. The SMILES string of the molecule is CC(C)c1ccc2c(c1)c1cc(C(C)C)cc3c4ccc(C(C)C)cc4c4cc(C(C)C)cc2c4c31. The fraction of sp³-hybridized carbons (Fsp3) is 0.333. The van der Waals surface area contributed by atoms with Crippen LogP contribution in [0.15, 0.2) is 60.7 Å². The van der Waals surface area contributed by atoms with Gasteiger partial charge in [-0.15, -0.1) is 0 Å². The Balaban J connectivity index is 1.97. The lowest BCUT2D eigenvalue weighted by Crippen LogP contribution is -1.97. The Kier molecular flexibility index (Phi) is 5.31. The number of rotatable bonds is 4. The van der Waals surface area contributed by atoms with Crippen molar-refractivity contribution in [1.29, 1.82) is 0 Å². The van der Waals surface area contributed by atoms with Crippen LogP contribution in [0, 0.1) is 0 Å². The summed E-state index contributed by atoms with van der Waals surface area (Å²) in [5.74, 6) is 1.97. The van der Waals surface area contributed by atoms with Gasteiger partial charge in [-0.1, -0.05) is 116 Å². The summed E-state index contributed by atoms with van der Waals surface area (Å²) in [5.41, 5.74) is 5.68. The molecule has 0 saturated carbocycles. The van der Waals surface area contributed by atoms with Gasteiger partial charge in [0.15, 0.2) is 0 Å². The monoisotopic (exact) mass is 470 g/mol. The van der Waals surface area contributed by atoms with E-state index in [1.54, 1.807) is 0 Å². The fourth-order valence-corrected chi connectivity index (χ4v) is 6.14. The van der Waals surface area contributed by atoms with Gasteiger partial charge in [0.1, 0.15) is 0 Å². The molecule has 0 atom stereocenters. The van der Waals surface area contributed by atoms with Gasteiger partial charge in [-0.2, -0.15) is 0 Å². The van der Waals surface area contributed by atoms with Crippen LogP contribution in [-0.2, 0) is 0 Å². The van der Waals surface area contributed by atoms with Crippen LogP contribution < -0.4 is 0 Å². The molecule has 36 heavy (non-hydrogen) atoms. The van der Waals surface area contributed by atoms with Gasteiger partial charge >= 0.3 is 0 Å². The summed E-state index contributed by atoms with van der Waals surface area (Å²) in [5, 5.41) is 14.1. The molecule has 6 rings (SSSR count). The third-order valence-electron chi connectivity index (χ3n) is 8.49. The topological polar surface area (TPSA) is 0 Å². The molecule has 0 aromatic heterocycles. The first-order valence-electron chi connectivity index (χ1n) is 13.8. The van der Waals surface area contributed by atoms with Crippen LogP contribution in [0.25, 0.3) is 53.9 Å². The summed E-state index contributed by atoms with van der Waals surface area (Å²) in [6.45, 7) is 18.5. The van der Waals surface area contributed by atoms with Crippen LogP contribution in [0.1, 0.15) is 101 Å². The van der Waals surface area contributed by atoms with E-state index in [1.807, 2.05) is 0 Å². The first kappa shape index (κ1) is 23.3. The minimum absolute atomic E-state index is 0.479. The Morgan fingerprint density at radius 3 is 0.889 bits per heavy atom. The van der Waals surface area contributed by atoms with E-state index < -0.39 is 0 Å². The smallest absolute Gasteiger partial charge is 0.00137 e. The maximum atomic E-state index is 2.49. The summed E-state index contributed by atoms with van der Waals surface area (Å²) >= 11 is 0. The maximum absolute atomic E-state index is 2.49. The van der Waals surface area contributed by atoms with Gasteiger partial charge in [-0.05, 0) is 99.8 Å². The van der Waals surface area contributed by atoms with Crippen LogP contribution in [0.2, 0.25) is 0 Å². The Labute approximate surface area is 215 Å². The van der Waals surface area contributed by atoms with E-state index in [4.69, 9.17) is 0 Å². The molecule has 0 aliphatic rings. The van der Waals surface area contributed by atoms with E-state index in [0.29, 0.717) is 23.7 Å². The van der Waals surface area contributed by atoms with Crippen molar-refractivity contribution in [3.05, 3.63) is 82.9 Å². The Hall–Kier alpha value is -3.12. The van der Waals surface area contributed by atoms with E-state index in [9.17, 15) is 0 Å². The van der Waals surface area contributed by atoms with Crippen molar-refractivity contribution in [3.8, 4) is 0 Å². The van der Waals surface area contributed by atoms with Crippen molar-refractivity contribution in [2.24, 2.45) is 0 Å². The van der Waals surface area contributed by atoms with Crippen LogP contribution in [0.3, 0.4) is 0 Å². The normalized spacial score (nSPS) is 12.9. The highest BCUT2D eigenvalue weighted by molar-refractivity contribution is 6.40. The second kappa shape index (κ2) is 8.20. The minimum Gasteiger partial charge on any atom is -0.0587 e. The summed E-state index contributed by atoms with van der Waals surface area (Å²) in [6, 6.07) is 24.4. The zero-order valence-corrected chi connectivity index (χ0v) is 23.1. The average molecular weight is 471 g/mol. The molecule has 0 fully saturated rings. The van der Waals surface area contributed by atoms with Gasteiger partial charge in [0.2, 0.25) is 0 Å². The van der Waals surface area contributed by atoms with Gasteiger partial charge in [0, 0.05) is 0 Å². The van der Waals surface area contributed by atoms with Crippen molar-refractivity contribution >= 4 is 53.9 Å². The molecule has 0 nitrogen and oxygen atoms in total. The lowest BCUT2D eigenvalue weighted by atomic mass is 9.81. The van der Waals surface area contributed by atoms with Crippen LogP contribution in [0.4, 0.5) is 0 Å². The number of fused-ring (bicyclic) bond motifs is 6. The molecule has 0 radical (unpaired) electrons.